The summed E-state index contributed by atoms with van der Waals surface area (Å²) >= 11 is 0. The number of hydrogen-bond donors (Lipinski definition) is 1. The third-order valence-electron chi connectivity index (χ3n) is 6.07. The number of anilines is 1. The van der Waals surface area contributed by atoms with Gasteiger partial charge < -0.3 is 24.5 Å². The molecule has 4 rings (SSSR count). The van der Waals surface area contributed by atoms with E-state index in [9.17, 15) is 19.5 Å². The van der Waals surface area contributed by atoms with Crippen molar-refractivity contribution in [3.05, 3.63) is 65.2 Å². The molecule has 2 amide bonds. The molecule has 1 spiro atoms. The first kappa shape index (κ1) is 21.6. The Labute approximate surface area is 186 Å². The predicted octanol–water partition coefficient (Wildman–Crippen LogP) is 1.81. The first-order valence-electron chi connectivity index (χ1n) is 10.2. The van der Waals surface area contributed by atoms with E-state index < -0.39 is 28.9 Å². The highest BCUT2D eigenvalue weighted by atomic mass is 16.5. The average Bonchev–Trinajstić information content (AvgIpc) is 3.15. The molecule has 0 saturated carbocycles. The standard InChI is InChI=1S/C24H25N3O5/c1-25(2)13-14-27-22(30)21(29)19(20(28)15-9-11-16(32-4)12-10-15)24(27)17-7-5-6-8-18(17)26(3)23(24)31/h5-12,28H,13-14H2,1-4H3/t24-/m0/s1. The number of rotatable bonds is 5. The highest BCUT2D eigenvalue weighted by Gasteiger charge is 2.66. The van der Waals surface area contributed by atoms with Gasteiger partial charge in [0.2, 0.25) is 0 Å². The number of likely N-dealkylation sites (tertiary alicyclic amines) is 1. The van der Waals surface area contributed by atoms with Gasteiger partial charge in [-0.25, -0.2) is 0 Å². The molecule has 32 heavy (non-hydrogen) atoms. The van der Waals surface area contributed by atoms with Crippen LogP contribution in [-0.4, -0.2) is 73.8 Å². The summed E-state index contributed by atoms with van der Waals surface area (Å²) in [5.41, 5.74) is -0.529. The number of Topliss-reactive ketones (excluding diaryl/α,β-unsaturated/α-hetero) is 1. The van der Waals surface area contributed by atoms with Gasteiger partial charge in [-0.3, -0.25) is 14.4 Å². The van der Waals surface area contributed by atoms with Gasteiger partial charge in [-0.1, -0.05) is 18.2 Å². The molecule has 0 aliphatic carbocycles. The molecule has 2 aliphatic rings. The van der Waals surface area contributed by atoms with E-state index in [1.54, 1.807) is 55.6 Å². The number of aliphatic hydroxyl groups is 1. The van der Waals surface area contributed by atoms with E-state index in [1.165, 1.54) is 16.9 Å². The van der Waals surface area contributed by atoms with Gasteiger partial charge in [-0.15, -0.1) is 0 Å². The van der Waals surface area contributed by atoms with E-state index >= 15 is 0 Å². The molecule has 2 heterocycles. The molecule has 0 aromatic heterocycles. The molecule has 0 bridgehead atoms. The van der Waals surface area contributed by atoms with E-state index in [0.29, 0.717) is 29.1 Å². The van der Waals surface area contributed by atoms with Crippen LogP contribution in [0.15, 0.2) is 54.1 Å². The molecule has 1 fully saturated rings. The van der Waals surface area contributed by atoms with Crippen molar-refractivity contribution in [2.45, 2.75) is 5.54 Å². The molecule has 2 aromatic carbocycles. The lowest BCUT2D eigenvalue weighted by Crippen LogP contribution is -2.52. The summed E-state index contributed by atoms with van der Waals surface area (Å²) in [6.07, 6.45) is 0. The Balaban J connectivity index is 2.01. The predicted molar refractivity (Wildman–Crippen MR) is 119 cm³/mol. The highest BCUT2D eigenvalue weighted by Crippen LogP contribution is 2.53. The van der Waals surface area contributed by atoms with Gasteiger partial charge in [0.1, 0.15) is 11.5 Å². The number of benzene rings is 2. The first-order chi connectivity index (χ1) is 15.2. The number of para-hydroxylation sites is 1. The average molecular weight is 435 g/mol. The number of ketones is 1. The topological polar surface area (TPSA) is 90.4 Å². The second kappa shape index (κ2) is 7.80. The summed E-state index contributed by atoms with van der Waals surface area (Å²) in [5.74, 6) is -1.95. The van der Waals surface area contributed by atoms with Crippen LogP contribution < -0.4 is 9.64 Å². The third-order valence-corrected chi connectivity index (χ3v) is 6.07. The van der Waals surface area contributed by atoms with Crippen molar-refractivity contribution in [1.82, 2.24) is 9.80 Å². The van der Waals surface area contributed by atoms with Gasteiger partial charge in [-0.05, 0) is 44.4 Å². The third kappa shape index (κ3) is 2.90. The molecular formula is C24H25N3O5. The van der Waals surface area contributed by atoms with E-state index in [0.717, 1.165) is 0 Å². The van der Waals surface area contributed by atoms with Crippen LogP contribution in [0.3, 0.4) is 0 Å². The van der Waals surface area contributed by atoms with E-state index in [-0.39, 0.29) is 12.1 Å². The Bertz CT molecular complexity index is 1140. The summed E-state index contributed by atoms with van der Waals surface area (Å²) in [6, 6.07) is 13.5. The van der Waals surface area contributed by atoms with Gasteiger partial charge in [0.05, 0.1) is 12.7 Å². The molecule has 2 aliphatic heterocycles. The van der Waals surface area contributed by atoms with Crippen LogP contribution in [0.5, 0.6) is 5.75 Å². The maximum absolute atomic E-state index is 13.8. The quantitative estimate of drug-likeness (QED) is 0.438. The van der Waals surface area contributed by atoms with E-state index in [2.05, 4.69) is 0 Å². The normalized spacial score (nSPS) is 21.7. The fourth-order valence-corrected chi connectivity index (χ4v) is 4.46. The SMILES string of the molecule is COc1ccc(C(O)=C2C(=O)C(=O)N(CCN(C)C)[C@]23C(=O)N(C)c2ccccc23)cc1. The van der Waals surface area contributed by atoms with Crippen LogP contribution in [0, 0.1) is 0 Å². The molecule has 2 aromatic rings. The smallest absolute Gasteiger partial charge is 0.296 e. The molecule has 8 heteroatoms. The van der Waals surface area contributed by atoms with Gasteiger partial charge >= 0.3 is 0 Å². The van der Waals surface area contributed by atoms with Crippen LogP contribution in [0.1, 0.15) is 11.1 Å². The number of nitrogens with zero attached hydrogens (tertiary/aromatic N) is 3. The Morgan fingerprint density at radius 2 is 1.72 bits per heavy atom. The zero-order valence-corrected chi connectivity index (χ0v) is 18.5. The van der Waals surface area contributed by atoms with Crippen molar-refractivity contribution in [2.24, 2.45) is 0 Å². The molecule has 0 unspecified atom stereocenters. The van der Waals surface area contributed by atoms with Crippen LogP contribution in [0.4, 0.5) is 5.69 Å². The van der Waals surface area contributed by atoms with Gasteiger partial charge in [0.15, 0.2) is 5.54 Å². The Morgan fingerprint density at radius 1 is 1.06 bits per heavy atom. The lowest BCUT2D eigenvalue weighted by atomic mass is 9.82. The van der Waals surface area contributed by atoms with Gasteiger partial charge in [0.25, 0.3) is 17.6 Å². The summed E-state index contributed by atoms with van der Waals surface area (Å²) in [7, 11) is 6.82. The minimum absolute atomic E-state index is 0.144. The van der Waals surface area contributed by atoms with Crippen LogP contribution >= 0.6 is 0 Å². The van der Waals surface area contributed by atoms with Crippen molar-refractivity contribution in [2.75, 3.05) is 46.2 Å². The van der Waals surface area contributed by atoms with Crippen LogP contribution in [0.2, 0.25) is 0 Å². The number of ether oxygens (including phenoxy) is 1. The zero-order valence-electron chi connectivity index (χ0n) is 18.5. The molecule has 1 atom stereocenters. The number of methoxy groups -OCH3 is 1. The lowest BCUT2D eigenvalue weighted by molar-refractivity contribution is -0.143. The summed E-state index contributed by atoms with van der Waals surface area (Å²) in [4.78, 5) is 44.9. The minimum Gasteiger partial charge on any atom is -0.507 e. The van der Waals surface area contributed by atoms with E-state index in [4.69, 9.17) is 4.74 Å². The highest BCUT2D eigenvalue weighted by molar-refractivity contribution is 6.50. The van der Waals surface area contributed by atoms with Gasteiger partial charge in [0, 0.05) is 37.0 Å². The number of carbonyl (C=O) groups excluding carboxylic acids is 3. The second-order valence-electron chi connectivity index (χ2n) is 8.13. The molecule has 1 saturated heterocycles. The molecule has 8 nitrogen and oxygen atoms in total. The largest absolute Gasteiger partial charge is 0.507 e. The number of amides is 2. The Hall–Kier alpha value is -3.65. The first-order valence-corrected chi connectivity index (χ1v) is 10.2. The van der Waals surface area contributed by atoms with Crippen LogP contribution in [-0.2, 0) is 19.9 Å². The second-order valence-corrected chi connectivity index (χ2v) is 8.13. The monoisotopic (exact) mass is 435 g/mol. The Morgan fingerprint density at radius 3 is 2.34 bits per heavy atom. The molecular weight excluding hydrogens is 410 g/mol. The van der Waals surface area contributed by atoms with Crippen molar-refractivity contribution in [1.29, 1.82) is 0 Å². The maximum Gasteiger partial charge on any atom is 0.296 e. The maximum atomic E-state index is 13.8. The Kier molecular flexibility index (Phi) is 5.26. The van der Waals surface area contributed by atoms with Crippen molar-refractivity contribution in [3.63, 3.8) is 0 Å². The summed E-state index contributed by atoms with van der Waals surface area (Å²) in [5, 5.41) is 11.3. The fourth-order valence-electron chi connectivity index (χ4n) is 4.46. The number of fused-ring (bicyclic) bond motifs is 2. The van der Waals surface area contributed by atoms with Crippen molar-refractivity contribution in [3.8, 4) is 5.75 Å². The lowest BCUT2D eigenvalue weighted by Gasteiger charge is -2.34. The van der Waals surface area contributed by atoms with E-state index in [1.807, 2.05) is 19.0 Å². The minimum atomic E-state index is -1.72. The fraction of sp³-hybridized carbons (Fsp3) is 0.292. The molecule has 1 N–H and O–H groups in total. The summed E-state index contributed by atoms with van der Waals surface area (Å²) < 4.78 is 5.16. The van der Waals surface area contributed by atoms with Gasteiger partial charge in [-0.2, -0.15) is 0 Å². The number of carbonyl (C=O) groups is 3. The molecule has 166 valence electrons. The summed E-state index contributed by atoms with van der Waals surface area (Å²) in [6.45, 7) is 0.585. The van der Waals surface area contributed by atoms with Crippen molar-refractivity contribution >= 4 is 29.0 Å². The number of aliphatic hydroxyl groups excluding tert-OH is 1. The molecule has 0 radical (unpaired) electrons. The number of likely N-dealkylation sites (N-methyl/N-ethyl adjacent to an activating group) is 2. The van der Waals surface area contributed by atoms with Crippen molar-refractivity contribution < 1.29 is 24.2 Å². The van der Waals surface area contributed by atoms with Crippen LogP contribution in [0.25, 0.3) is 5.76 Å². The zero-order chi connectivity index (χ0) is 23.2. The number of hydrogen-bond acceptors (Lipinski definition) is 6.